The van der Waals surface area contributed by atoms with Crippen LogP contribution < -0.4 is 10.1 Å². The van der Waals surface area contributed by atoms with Gasteiger partial charge in [-0.2, -0.15) is 0 Å². The van der Waals surface area contributed by atoms with E-state index in [-0.39, 0.29) is 11.9 Å². The molecule has 25 heavy (non-hydrogen) atoms. The molecule has 1 aliphatic carbocycles. The molecule has 1 amide bonds. The Morgan fingerprint density at radius 1 is 1.28 bits per heavy atom. The van der Waals surface area contributed by atoms with Crippen molar-refractivity contribution in [3.8, 4) is 5.75 Å². The van der Waals surface area contributed by atoms with E-state index in [2.05, 4.69) is 35.1 Å². The second-order valence-electron chi connectivity index (χ2n) is 6.78. The van der Waals surface area contributed by atoms with Crippen molar-refractivity contribution < 1.29 is 19.1 Å². The number of benzene rings is 1. The number of halogens is 1. The van der Waals surface area contributed by atoms with Gasteiger partial charge in [0.05, 0.1) is 12.7 Å². The first-order valence-corrected chi connectivity index (χ1v) is 9.47. The smallest absolute Gasteiger partial charge is 0.340 e. The van der Waals surface area contributed by atoms with E-state index in [1.807, 2.05) is 0 Å². The van der Waals surface area contributed by atoms with Crippen LogP contribution in [0.1, 0.15) is 50.4 Å². The van der Waals surface area contributed by atoms with E-state index in [0.29, 0.717) is 27.6 Å². The molecule has 0 radical (unpaired) electrons. The van der Waals surface area contributed by atoms with E-state index in [4.69, 9.17) is 9.47 Å². The Balaban J connectivity index is 1.97. The number of esters is 1. The van der Waals surface area contributed by atoms with Crippen molar-refractivity contribution in [2.24, 2.45) is 11.8 Å². The molecule has 0 saturated heterocycles. The first kappa shape index (κ1) is 19.8. The van der Waals surface area contributed by atoms with Crippen molar-refractivity contribution in [3.05, 3.63) is 28.2 Å². The van der Waals surface area contributed by atoms with Crippen LogP contribution in [-0.2, 0) is 9.53 Å². The molecule has 2 rings (SSSR count). The Labute approximate surface area is 157 Å². The standard InChI is InChI=1S/C19H26BrNO4/c1-11-6-5-7-17(12(11)2)21-18(22)13(3)25-19(23)15-10-14(24-4)8-9-16(15)20/h8-13,17H,5-7H2,1-4H3,(H,21,22)/t11-,12-,13-,17+/m1/s1. The van der Waals surface area contributed by atoms with Gasteiger partial charge in [-0.1, -0.05) is 26.7 Å². The molecule has 0 bridgehead atoms. The topological polar surface area (TPSA) is 64.6 Å². The van der Waals surface area contributed by atoms with E-state index >= 15 is 0 Å². The Morgan fingerprint density at radius 2 is 2.00 bits per heavy atom. The van der Waals surface area contributed by atoms with Crippen molar-refractivity contribution in [3.63, 3.8) is 0 Å². The molecule has 0 spiro atoms. The molecule has 6 heteroatoms. The molecule has 0 unspecified atom stereocenters. The number of carbonyl (C=O) groups is 2. The third-order valence-corrected chi connectivity index (χ3v) is 5.77. The zero-order valence-corrected chi connectivity index (χ0v) is 16.8. The monoisotopic (exact) mass is 411 g/mol. The van der Waals surface area contributed by atoms with Crippen LogP contribution in [0.3, 0.4) is 0 Å². The van der Waals surface area contributed by atoms with Gasteiger partial charge < -0.3 is 14.8 Å². The number of ether oxygens (including phenoxy) is 2. The van der Waals surface area contributed by atoms with Crippen molar-refractivity contribution in [2.45, 2.75) is 52.2 Å². The summed E-state index contributed by atoms with van der Waals surface area (Å²) in [5, 5.41) is 3.04. The summed E-state index contributed by atoms with van der Waals surface area (Å²) >= 11 is 3.32. The number of nitrogens with one attached hydrogen (secondary N) is 1. The molecule has 1 saturated carbocycles. The van der Waals surface area contributed by atoms with Crippen molar-refractivity contribution in [1.29, 1.82) is 0 Å². The van der Waals surface area contributed by atoms with Gasteiger partial charge in [-0.3, -0.25) is 4.79 Å². The maximum absolute atomic E-state index is 12.4. The molecular formula is C19H26BrNO4. The van der Waals surface area contributed by atoms with E-state index in [1.165, 1.54) is 13.5 Å². The number of amides is 1. The molecule has 4 atom stereocenters. The summed E-state index contributed by atoms with van der Waals surface area (Å²) < 4.78 is 11.1. The van der Waals surface area contributed by atoms with E-state index in [9.17, 15) is 9.59 Å². The Kier molecular flexibility index (Phi) is 6.87. The predicted molar refractivity (Wildman–Crippen MR) is 99.7 cm³/mol. The summed E-state index contributed by atoms with van der Waals surface area (Å²) in [7, 11) is 1.53. The number of methoxy groups -OCH3 is 1. The van der Waals surface area contributed by atoms with E-state index in [0.717, 1.165) is 12.8 Å². The molecule has 5 nitrogen and oxygen atoms in total. The zero-order valence-electron chi connectivity index (χ0n) is 15.2. The lowest BCUT2D eigenvalue weighted by Gasteiger charge is -2.35. The molecule has 1 N–H and O–H groups in total. The van der Waals surface area contributed by atoms with Crippen molar-refractivity contribution in [1.82, 2.24) is 5.32 Å². The van der Waals surface area contributed by atoms with Crippen molar-refractivity contribution >= 4 is 27.8 Å². The average molecular weight is 412 g/mol. The van der Waals surface area contributed by atoms with Gasteiger partial charge in [0.25, 0.3) is 5.91 Å². The third kappa shape index (κ3) is 4.97. The number of carbonyl (C=O) groups excluding carboxylic acids is 2. The minimum atomic E-state index is -0.852. The maximum atomic E-state index is 12.4. The highest BCUT2D eigenvalue weighted by molar-refractivity contribution is 9.10. The second-order valence-corrected chi connectivity index (χ2v) is 7.63. The SMILES string of the molecule is COc1ccc(Br)c(C(=O)O[C@H](C)C(=O)N[C@H]2CCC[C@@H](C)[C@H]2C)c1. The highest BCUT2D eigenvalue weighted by Gasteiger charge is 2.30. The summed E-state index contributed by atoms with van der Waals surface area (Å²) in [4.78, 5) is 24.8. The molecular weight excluding hydrogens is 386 g/mol. The van der Waals surface area contributed by atoms with E-state index < -0.39 is 12.1 Å². The van der Waals surface area contributed by atoms with Crippen LogP contribution >= 0.6 is 15.9 Å². The van der Waals surface area contributed by atoms with Gasteiger partial charge in [0.2, 0.25) is 0 Å². The largest absolute Gasteiger partial charge is 0.497 e. The average Bonchev–Trinajstić information content (AvgIpc) is 2.59. The molecule has 1 aromatic carbocycles. The van der Waals surface area contributed by atoms with Gasteiger partial charge in [-0.15, -0.1) is 0 Å². The summed E-state index contributed by atoms with van der Waals surface area (Å²) in [5.74, 6) is 0.756. The van der Waals surface area contributed by atoms with Gasteiger partial charge in [0.1, 0.15) is 5.75 Å². The first-order valence-electron chi connectivity index (χ1n) is 8.68. The van der Waals surface area contributed by atoms with Crippen molar-refractivity contribution in [2.75, 3.05) is 7.11 Å². The van der Waals surface area contributed by atoms with E-state index in [1.54, 1.807) is 25.1 Å². The molecule has 0 aliphatic heterocycles. The van der Waals surface area contributed by atoms with Crippen LogP contribution in [0, 0.1) is 11.8 Å². The van der Waals surface area contributed by atoms with Crippen LogP contribution in [0.2, 0.25) is 0 Å². The molecule has 1 aliphatic rings. The summed E-state index contributed by atoms with van der Waals surface area (Å²) in [6, 6.07) is 5.18. The molecule has 0 aromatic heterocycles. The molecule has 0 heterocycles. The van der Waals surface area contributed by atoms with Crippen LogP contribution in [-0.4, -0.2) is 31.1 Å². The molecule has 1 fully saturated rings. The zero-order chi connectivity index (χ0) is 18.6. The maximum Gasteiger partial charge on any atom is 0.340 e. The highest BCUT2D eigenvalue weighted by atomic mass is 79.9. The second kappa shape index (κ2) is 8.70. The predicted octanol–water partition coefficient (Wildman–Crippen LogP) is 3.94. The summed E-state index contributed by atoms with van der Waals surface area (Å²) in [6.45, 7) is 5.98. The number of hydrogen-bond acceptors (Lipinski definition) is 4. The summed E-state index contributed by atoms with van der Waals surface area (Å²) in [5.41, 5.74) is 0.332. The van der Waals surface area contributed by atoms with Gasteiger partial charge >= 0.3 is 5.97 Å². The Bertz CT molecular complexity index is 634. The fourth-order valence-corrected chi connectivity index (χ4v) is 3.56. The van der Waals surface area contributed by atoms with Gasteiger partial charge in [-0.25, -0.2) is 4.79 Å². The molecule has 1 aromatic rings. The highest BCUT2D eigenvalue weighted by Crippen LogP contribution is 2.29. The first-order chi connectivity index (χ1) is 11.8. The Morgan fingerprint density at radius 3 is 2.68 bits per heavy atom. The fourth-order valence-electron chi connectivity index (χ4n) is 3.15. The lowest BCUT2D eigenvalue weighted by molar-refractivity contribution is -0.130. The number of rotatable bonds is 5. The molecule has 138 valence electrons. The minimum absolute atomic E-state index is 0.140. The van der Waals surface area contributed by atoms with Gasteiger partial charge in [0, 0.05) is 10.5 Å². The van der Waals surface area contributed by atoms with Gasteiger partial charge in [0.15, 0.2) is 6.10 Å². The minimum Gasteiger partial charge on any atom is -0.497 e. The van der Waals surface area contributed by atoms with Crippen LogP contribution in [0.25, 0.3) is 0 Å². The number of hydrogen-bond donors (Lipinski definition) is 1. The van der Waals surface area contributed by atoms with Crippen LogP contribution in [0.5, 0.6) is 5.75 Å². The fraction of sp³-hybridized carbons (Fsp3) is 0.579. The quantitative estimate of drug-likeness (QED) is 0.744. The van der Waals surface area contributed by atoms with Crippen LogP contribution in [0.4, 0.5) is 0 Å². The lowest BCUT2D eigenvalue weighted by Crippen LogP contribution is -2.47. The van der Waals surface area contributed by atoms with Gasteiger partial charge in [-0.05, 0) is 59.3 Å². The Hall–Kier alpha value is -1.56. The summed E-state index contributed by atoms with van der Waals surface area (Å²) in [6.07, 6.45) is 2.43. The normalized spacial score (nSPS) is 24.3. The lowest BCUT2D eigenvalue weighted by atomic mass is 9.78. The third-order valence-electron chi connectivity index (χ3n) is 5.08. The van der Waals surface area contributed by atoms with Crippen LogP contribution in [0.15, 0.2) is 22.7 Å².